The second kappa shape index (κ2) is 16.9. The Morgan fingerprint density at radius 3 is 1.83 bits per heavy atom. The minimum Gasteiger partial charge on any atom is -0.416 e. The van der Waals surface area contributed by atoms with Crippen LogP contribution in [0.4, 0.5) is 0 Å². The fraction of sp³-hybridized carbons (Fsp3) is 0.148. The summed E-state index contributed by atoms with van der Waals surface area (Å²) in [5.74, 6) is 0.959. The number of aromatic nitrogens is 4. The Balaban J connectivity index is 0.00000281. The van der Waals surface area contributed by atoms with Crippen LogP contribution in [0.25, 0.3) is 95.0 Å². The molecule has 0 unspecified atom stereocenters. The Morgan fingerprint density at radius 2 is 1.08 bits per heavy atom. The largest absolute Gasteiger partial charge is 0.416 e. The molecule has 5 heteroatoms. The van der Waals surface area contributed by atoms with Crippen LogP contribution in [-0.4, -0.2) is 19.3 Å². The van der Waals surface area contributed by atoms with Gasteiger partial charge in [0.1, 0.15) is 0 Å². The zero-order valence-electron chi connectivity index (χ0n) is 33.1. The van der Waals surface area contributed by atoms with Gasteiger partial charge in [0.2, 0.25) is 11.8 Å². The summed E-state index contributed by atoms with van der Waals surface area (Å²) in [6.45, 7) is 6.78. The van der Waals surface area contributed by atoms with Crippen LogP contribution in [0.5, 0.6) is 0 Å². The van der Waals surface area contributed by atoms with Crippen molar-refractivity contribution < 1.29 is 15.8 Å². The summed E-state index contributed by atoms with van der Waals surface area (Å²) in [5, 5.41) is 13.8. The predicted octanol–water partition coefficient (Wildman–Crippen LogP) is 16.3. The van der Waals surface area contributed by atoms with Crippen molar-refractivity contribution in [2.45, 2.75) is 52.0 Å². The summed E-state index contributed by atoms with van der Waals surface area (Å²) >= 11 is 0. The van der Waals surface area contributed by atoms with E-state index in [9.17, 15) is 0 Å². The molecule has 59 heavy (non-hydrogen) atoms. The van der Waals surface area contributed by atoms with E-state index in [0.29, 0.717) is 11.8 Å². The molecule has 0 aliphatic carbocycles. The van der Waals surface area contributed by atoms with E-state index in [4.69, 9.17) is 4.42 Å². The summed E-state index contributed by atoms with van der Waals surface area (Å²) in [6, 6.07) is 47.3. The Bertz CT molecular complexity index is 3280. The molecule has 6 aromatic carbocycles. The Kier molecular flexibility index (Phi) is 10.6. The lowest BCUT2D eigenvalue weighted by Gasteiger charge is -2.11. The monoisotopic (exact) mass is 778 g/mol. The van der Waals surface area contributed by atoms with Crippen molar-refractivity contribution in [3.05, 3.63) is 174 Å². The van der Waals surface area contributed by atoms with Crippen molar-refractivity contribution in [3.8, 4) is 45.2 Å². The van der Waals surface area contributed by atoms with Gasteiger partial charge in [-0.05, 0) is 131 Å². The number of unbranched alkanes of at least 4 members (excludes halogenated alkanes) is 5. The third-order valence-electron chi connectivity index (χ3n) is 11.1. The van der Waals surface area contributed by atoms with Gasteiger partial charge in [-0.3, -0.25) is 0 Å². The van der Waals surface area contributed by atoms with Crippen LogP contribution in [0, 0.1) is 0 Å². The van der Waals surface area contributed by atoms with Crippen molar-refractivity contribution in [2.24, 2.45) is 0 Å². The van der Waals surface area contributed by atoms with Gasteiger partial charge < -0.3 is 13.6 Å². The second-order valence-corrected chi connectivity index (χ2v) is 14.8. The number of fused-ring (bicyclic) bond motifs is 6. The second-order valence-electron chi connectivity index (χ2n) is 14.8. The molecule has 0 aliphatic heterocycles. The SMILES string of the molecule is C=C=C=C=C=C=C=Cn1c2ccccc2c2cc(-c3cc(-c4ccc5c(c4)c4ccccc4n5CCCCCCCC)cc(-c4nnc(-c5ccccc5)o4)c3)ccc21.[HH].[HH].[HH].[HH].[HH].[HH].[HH].[HH]. The van der Waals surface area contributed by atoms with Gasteiger partial charge in [-0.25, -0.2) is 0 Å². The minimum absolute atomic E-state index is 0. The topological polar surface area (TPSA) is 48.8 Å². The average Bonchev–Trinajstić information content (AvgIpc) is 3.99. The molecule has 0 saturated heterocycles. The molecule has 3 heterocycles. The van der Waals surface area contributed by atoms with Crippen molar-refractivity contribution in [3.63, 3.8) is 0 Å². The molecule has 0 N–H and O–H groups in total. The third kappa shape index (κ3) is 7.54. The van der Waals surface area contributed by atoms with Crippen LogP contribution in [0.3, 0.4) is 0 Å². The number of rotatable bonds is 12. The molecular formula is C54H58N4O. The first-order valence-corrected chi connectivity index (χ1v) is 20.4. The van der Waals surface area contributed by atoms with E-state index in [-0.39, 0.29) is 11.4 Å². The lowest BCUT2D eigenvalue weighted by Crippen LogP contribution is -1.97. The average molecular weight is 779 g/mol. The number of hydrogen-bond acceptors (Lipinski definition) is 3. The molecule has 0 radical (unpaired) electrons. The fourth-order valence-electron chi connectivity index (χ4n) is 8.21. The first-order valence-electron chi connectivity index (χ1n) is 20.4. The smallest absolute Gasteiger partial charge is 0.248 e. The van der Waals surface area contributed by atoms with Gasteiger partial charge in [0.25, 0.3) is 0 Å². The number of aryl methyl sites for hydroxylation is 1. The molecule has 0 spiro atoms. The Hall–Kier alpha value is -7.52. The maximum Gasteiger partial charge on any atom is 0.248 e. The summed E-state index contributed by atoms with van der Waals surface area (Å²) in [4.78, 5) is 0. The number of para-hydroxylation sites is 2. The highest BCUT2D eigenvalue weighted by molar-refractivity contribution is 6.11. The summed E-state index contributed by atoms with van der Waals surface area (Å²) in [7, 11) is 0. The quantitative estimate of drug-likeness (QED) is 0.0917. The minimum atomic E-state index is 0. The first-order chi connectivity index (χ1) is 29.2. The van der Waals surface area contributed by atoms with E-state index >= 15 is 0 Å². The van der Waals surface area contributed by atoms with Crippen LogP contribution >= 0.6 is 0 Å². The molecule has 0 saturated carbocycles. The molecule has 0 fully saturated rings. The number of nitrogens with zero attached hydrogens (tertiary/aromatic N) is 4. The number of hydrogen-bond donors (Lipinski definition) is 0. The molecule has 5 nitrogen and oxygen atoms in total. The van der Waals surface area contributed by atoms with Gasteiger partial charge in [0, 0.05) is 61.7 Å². The molecule has 9 aromatic rings. The molecule has 0 bridgehead atoms. The summed E-state index contributed by atoms with van der Waals surface area (Å²) in [5.41, 5.74) is 27.3. The molecule has 300 valence electrons. The van der Waals surface area contributed by atoms with Gasteiger partial charge >= 0.3 is 0 Å². The van der Waals surface area contributed by atoms with E-state index < -0.39 is 0 Å². The fourth-order valence-corrected chi connectivity index (χ4v) is 8.21. The standard InChI is InChI=1S/C54H42N4O.8H2/c1-3-5-7-9-11-20-32-57-49-26-18-16-24-45(49)47-37-40(28-30-51(47)57)42-34-43(36-44(35-42)54-56-55-53(59-54)39-22-14-13-15-23-39)41-29-31-52-48(38-41)46-25-17-19-27-50(46)58(52)33-21-12-10-8-6-4-2;;;;;;;;/h13-19,22-32,34-38H,1,4,6,8,10,12,21,33H2,2H3;8*1H. The maximum atomic E-state index is 6.37. The molecule has 0 amide bonds. The van der Waals surface area contributed by atoms with Crippen molar-refractivity contribution in [1.82, 2.24) is 19.3 Å². The summed E-state index contributed by atoms with van der Waals surface area (Å²) in [6.07, 6.45) is 9.51. The molecule has 9 rings (SSSR count). The normalized spacial score (nSPS) is 10.9. The van der Waals surface area contributed by atoms with Gasteiger partial charge in [0.15, 0.2) is 0 Å². The van der Waals surface area contributed by atoms with Gasteiger partial charge in [-0.15, -0.1) is 10.2 Å². The highest BCUT2D eigenvalue weighted by Gasteiger charge is 2.17. The zero-order valence-corrected chi connectivity index (χ0v) is 33.1. The Labute approximate surface area is 355 Å². The van der Waals surface area contributed by atoms with Crippen LogP contribution < -0.4 is 0 Å². The van der Waals surface area contributed by atoms with Gasteiger partial charge in [-0.2, -0.15) is 0 Å². The van der Waals surface area contributed by atoms with Gasteiger partial charge in [-0.1, -0.05) is 111 Å². The van der Waals surface area contributed by atoms with Crippen LogP contribution in [0.2, 0.25) is 0 Å². The molecule has 0 aliphatic rings. The summed E-state index contributed by atoms with van der Waals surface area (Å²) < 4.78 is 11.0. The van der Waals surface area contributed by atoms with E-state index in [1.165, 1.54) is 60.3 Å². The third-order valence-corrected chi connectivity index (χ3v) is 11.1. The van der Waals surface area contributed by atoms with E-state index in [2.05, 4.69) is 170 Å². The lowest BCUT2D eigenvalue weighted by molar-refractivity contribution is 0.571. The highest BCUT2D eigenvalue weighted by atomic mass is 16.4. The van der Waals surface area contributed by atoms with Crippen molar-refractivity contribution in [2.75, 3.05) is 0 Å². The van der Waals surface area contributed by atoms with Crippen molar-refractivity contribution >= 4 is 49.8 Å². The van der Waals surface area contributed by atoms with Crippen LogP contribution in [0.1, 0.15) is 56.9 Å². The van der Waals surface area contributed by atoms with Gasteiger partial charge in [0.05, 0.1) is 17.2 Å². The maximum absolute atomic E-state index is 6.37. The van der Waals surface area contributed by atoms with E-state index in [0.717, 1.165) is 61.7 Å². The van der Waals surface area contributed by atoms with E-state index in [1.807, 2.05) is 36.5 Å². The Morgan fingerprint density at radius 1 is 0.525 bits per heavy atom. The molecule has 3 aromatic heterocycles. The number of benzene rings is 6. The van der Waals surface area contributed by atoms with Crippen LogP contribution in [-0.2, 0) is 6.54 Å². The molecular weight excluding hydrogens is 721 g/mol. The zero-order chi connectivity index (χ0) is 40.0. The first kappa shape index (κ1) is 37.1. The van der Waals surface area contributed by atoms with Crippen LogP contribution in [0.15, 0.2) is 179 Å². The highest BCUT2D eigenvalue weighted by Crippen LogP contribution is 2.39. The van der Waals surface area contributed by atoms with Crippen molar-refractivity contribution in [1.29, 1.82) is 0 Å². The lowest BCUT2D eigenvalue weighted by atomic mass is 9.94. The predicted molar refractivity (Wildman–Crippen MR) is 260 cm³/mol. The van der Waals surface area contributed by atoms with E-state index in [1.54, 1.807) is 0 Å². The molecule has 0 atom stereocenters.